The number of esters is 3. The van der Waals surface area contributed by atoms with Crippen LogP contribution in [0.25, 0.3) is 5.57 Å². The van der Waals surface area contributed by atoms with Gasteiger partial charge in [0.1, 0.15) is 34.9 Å². The Hall–Kier alpha value is -5.29. The average Bonchev–Trinajstić information content (AvgIpc) is 3.16. The minimum atomic E-state index is -2.20. The standard InChI is InChI=1S/C42H53NO15/c1-17-13-12-14-18(2)40(51)43-30-20(4)38(58-25(9)45)26-27(34(30)49)31(46)22(6)37-28(26)36(55-16-56-37)19(3)15-42(10,53)39(50)23(7)33(48)29(41(52)54-11)32(47)21(5)35(17)57-24(8)44/h12-15,17,21,23,29,32-33,35,39,47-50,53H,16H2,1-11H3,(H,43,51)/b13-12-,18-14+,19-15-/t17-,21+,23+,29-,32-,33-,35-,39-,42-/m1/s1. The molecule has 0 fully saturated rings. The zero-order valence-corrected chi connectivity index (χ0v) is 34.5. The van der Waals surface area contributed by atoms with Crippen LogP contribution in [0.1, 0.15) is 83.8 Å². The summed E-state index contributed by atoms with van der Waals surface area (Å²) in [6.45, 7) is 13.5. The highest BCUT2D eigenvalue weighted by Gasteiger charge is 2.48. The Morgan fingerprint density at radius 1 is 0.897 bits per heavy atom. The molecule has 16 heteroatoms. The van der Waals surface area contributed by atoms with Crippen molar-refractivity contribution in [1.29, 1.82) is 0 Å². The van der Waals surface area contributed by atoms with Crippen molar-refractivity contribution < 1.29 is 73.2 Å². The van der Waals surface area contributed by atoms with E-state index in [0.717, 1.165) is 21.0 Å². The Morgan fingerprint density at radius 3 is 2.09 bits per heavy atom. The minimum absolute atomic E-state index is 0.00899. The summed E-state index contributed by atoms with van der Waals surface area (Å²) < 4.78 is 28.0. The summed E-state index contributed by atoms with van der Waals surface area (Å²) in [7, 11) is 1.05. The van der Waals surface area contributed by atoms with Gasteiger partial charge in [0.2, 0.25) is 6.79 Å². The molecule has 58 heavy (non-hydrogen) atoms. The second kappa shape index (κ2) is 17.7. The number of hydrogen-bond donors (Lipinski definition) is 6. The normalized spacial score (nSPS) is 32.1. The molecule has 1 aromatic carbocycles. The van der Waals surface area contributed by atoms with Gasteiger partial charge in [-0.3, -0.25) is 24.0 Å². The number of aliphatic hydroxyl groups excluding tert-OH is 3. The number of ether oxygens (including phenoxy) is 5. The van der Waals surface area contributed by atoms with E-state index in [2.05, 4.69) is 5.32 Å². The lowest BCUT2D eigenvalue weighted by atomic mass is 9.75. The zero-order valence-electron chi connectivity index (χ0n) is 34.5. The zero-order chi connectivity index (χ0) is 43.7. The summed E-state index contributed by atoms with van der Waals surface area (Å²) in [6.07, 6.45) is -0.755. The van der Waals surface area contributed by atoms with Crippen molar-refractivity contribution in [2.24, 2.45) is 23.7 Å². The van der Waals surface area contributed by atoms with E-state index >= 15 is 0 Å². The lowest BCUT2D eigenvalue weighted by Crippen LogP contribution is -2.53. The predicted molar refractivity (Wildman–Crippen MR) is 208 cm³/mol. The largest absolute Gasteiger partial charge is 0.505 e. The van der Waals surface area contributed by atoms with Gasteiger partial charge in [0.15, 0.2) is 11.5 Å². The topological polar surface area (TPSA) is 245 Å². The highest BCUT2D eigenvalue weighted by atomic mass is 16.7. The second-order valence-electron chi connectivity index (χ2n) is 15.3. The number of allylic oxidation sites excluding steroid dienone is 5. The van der Waals surface area contributed by atoms with E-state index < -0.39 is 95.8 Å². The highest BCUT2D eigenvalue weighted by molar-refractivity contribution is 6.21. The number of phenols is 1. The van der Waals surface area contributed by atoms with Crippen LogP contribution in [0.3, 0.4) is 0 Å². The van der Waals surface area contributed by atoms with Crippen LogP contribution in [0.5, 0.6) is 11.5 Å². The molecule has 0 aromatic heterocycles. The fourth-order valence-electron chi connectivity index (χ4n) is 7.67. The Labute approximate surface area is 336 Å². The van der Waals surface area contributed by atoms with E-state index in [9.17, 15) is 49.5 Å². The van der Waals surface area contributed by atoms with E-state index in [0.29, 0.717) is 0 Å². The third kappa shape index (κ3) is 8.74. The van der Waals surface area contributed by atoms with Crippen LogP contribution in [0.4, 0.5) is 5.69 Å². The van der Waals surface area contributed by atoms with Crippen molar-refractivity contribution in [1.82, 2.24) is 0 Å². The molecule has 0 spiro atoms. The Kier molecular flexibility index (Phi) is 13.8. The molecule has 0 saturated carbocycles. The SMILES string of the molecule is COC(=O)[C@@H]1[C@H](O)[C@H](C)[C@H](OC(C)=O)[C@H](C)/C=C\C=C(/C)C(=O)Nc2c(C)c(OC(C)=O)c3c(c2O)C(=O)C(C)=C2OCOC(=C23)/C(C)=C\[C@@](C)(O)[C@H](O)[C@@H](C)[C@H]1O. The Bertz CT molecular complexity index is 2040. The van der Waals surface area contributed by atoms with E-state index in [4.69, 9.17) is 23.7 Å². The molecule has 1 aliphatic carbocycles. The number of ketones is 1. The number of nitrogens with one attached hydrogen (secondary N) is 1. The lowest BCUT2D eigenvalue weighted by Gasteiger charge is -2.39. The number of aromatic hydroxyl groups is 1. The molecule has 3 heterocycles. The number of carbonyl (C=O) groups is 5. The number of aliphatic hydroxyl groups is 4. The van der Waals surface area contributed by atoms with Gasteiger partial charge in [-0.2, -0.15) is 0 Å². The average molecular weight is 812 g/mol. The molecule has 316 valence electrons. The maximum Gasteiger partial charge on any atom is 0.313 e. The van der Waals surface area contributed by atoms with Crippen LogP contribution < -0.4 is 10.1 Å². The molecule has 1 amide bonds. The number of methoxy groups -OCH3 is 1. The molecule has 0 radical (unpaired) electrons. The molecule has 3 aliphatic heterocycles. The van der Waals surface area contributed by atoms with E-state index in [1.165, 1.54) is 66.7 Å². The minimum Gasteiger partial charge on any atom is -0.505 e. The maximum atomic E-state index is 14.0. The first-order chi connectivity index (χ1) is 27.0. The quantitative estimate of drug-likeness (QED) is 0.145. The van der Waals surface area contributed by atoms with Crippen LogP contribution in [0.2, 0.25) is 0 Å². The van der Waals surface area contributed by atoms with Gasteiger partial charge >= 0.3 is 17.9 Å². The molecule has 0 unspecified atom stereocenters. The smallest absolute Gasteiger partial charge is 0.313 e. The van der Waals surface area contributed by atoms with Crippen molar-refractivity contribution in [3.8, 4) is 11.5 Å². The lowest BCUT2D eigenvalue weighted by molar-refractivity contribution is -0.171. The van der Waals surface area contributed by atoms with Gasteiger partial charge in [0.05, 0.1) is 42.2 Å². The van der Waals surface area contributed by atoms with Gasteiger partial charge in [0.25, 0.3) is 5.91 Å². The number of benzene rings is 1. The molecular formula is C42H53NO15. The fraction of sp³-hybridized carbons (Fsp3) is 0.500. The maximum absolute atomic E-state index is 14.0. The van der Waals surface area contributed by atoms with Crippen molar-refractivity contribution in [3.63, 3.8) is 0 Å². The number of Topliss-reactive ketones (excluding diaryl/α,β-unsaturated/α-hetero) is 1. The Morgan fingerprint density at radius 2 is 1.50 bits per heavy atom. The van der Waals surface area contributed by atoms with E-state index in [1.807, 2.05) is 0 Å². The van der Waals surface area contributed by atoms with Crippen LogP contribution in [0, 0.1) is 30.6 Å². The molecule has 6 N–H and O–H groups in total. The third-order valence-corrected chi connectivity index (χ3v) is 10.9. The highest BCUT2D eigenvalue weighted by Crippen LogP contribution is 2.53. The van der Waals surface area contributed by atoms with Gasteiger partial charge in [-0.1, -0.05) is 39.0 Å². The fourth-order valence-corrected chi connectivity index (χ4v) is 7.67. The van der Waals surface area contributed by atoms with Crippen LogP contribution >= 0.6 is 0 Å². The number of amides is 1. The first kappa shape index (κ1) is 45.4. The molecule has 4 aliphatic rings. The summed E-state index contributed by atoms with van der Waals surface area (Å²) in [5.74, 6) is -9.54. The third-order valence-electron chi connectivity index (χ3n) is 10.9. The van der Waals surface area contributed by atoms with Gasteiger partial charge in [-0.05, 0) is 46.3 Å². The molecule has 5 rings (SSSR count). The number of anilines is 1. The van der Waals surface area contributed by atoms with Crippen LogP contribution in [0.15, 0.2) is 52.5 Å². The van der Waals surface area contributed by atoms with Gasteiger partial charge in [-0.25, -0.2) is 0 Å². The Balaban J connectivity index is 2.08. The monoisotopic (exact) mass is 811 g/mol. The number of hydrogen-bond acceptors (Lipinski definition) is 15. The molecule has 16 nitrogen and oxygen atoms in total. The molecular weight excluding hydrogens is 758 g/mol. The molecule has 0 saturated heterocycles. The van der Waals surface area contributed by atoms with E-state index in [-0.39, 0.29) is 61.9 Å². The van der Waals surface area contributed by atoms with Gasteiger partial charge in [-0.15, -0.1) is 0 Å². The van der Waals surface area contributed by atoms with Gasteiger partial charge in [0, 0.05) is 53.9 Å². The first-order valence-corrected chi connectivity index (χ1v) is 18.7. The first-order valence-electron chi connectivity index (χ1n) is 18.7. The summed E-state index contributed by atoms with van der Waals surface area (Å²) in [5.41, 5.74) is -2.47. The summed E-state index contributed by atoms with van der Waals surface area (Å²) >= 11 is 0. The second-order valence-corrected chi connectivity index (χ2v) is 15.3. The number of rotatable bonds is 3. The van der Waals surface area contributed by atoms with Gasteiger partial charge < -0.3 is 54.5 Å². The van der Waals surface area contributed by atoms with Crippen molar-refractivity contribution in [2.45, 2.75) is 99.3 Å². The van der Waals surface area contributed by atoms with Crippen molar-refractivity contribution in [3.05, 3.63) is 69.2 Å². The molecule has 9 atom stereocenters. The number of phenolic OH excluding ortho intramolecular Hbond substituents is 1. The summed E-state index contributed by atoms with van der Waals surface area (Å²) in [6, 6.07) is 0. The number of carbonyl (C=O) groups excluding carboxylic acids is 5. The van der Waals surface area contributed by atoms with Crippen molar-refractivity contribution >= 4 is 40.9 Å². The summed E-state index contributed by atoms with van der Waals surface area (Å²) in [4.78, 5) is 65.7. The van der Waals surface area contributed by atoms with Crippen LogP contribution in [-0.2, 0) is 38.1 Å². The molecule has 4 bridgehead atoms. The van der Waals surface area contributed by atoms with Crippen molar-refractivity contribution in [2.75, 3.05) is 19.2 Å². The molecule has 1 aromatic rings. The number of fused-ring (bicyclic) bond motifs is 14. The van der Waals surface area contributed by atoms with E-state index in [1.54, 1.807) is 13.0 Å². The van der Waals surface area contributed by atoms with Crippen LogP contribution in [-0.4, -0.2) is 99.1 Å². The predicted octanol–water partition coefficient (Wildman–Crippen LogP) is 3.68. The summed E-state index contributed by atoms with van der Waals surface area (Å²) in [5, 5.41) is 61.2.